The van der Waals surface area contributed by atoms with Crippen LogP contribution in [-0.4, -0.2) is 36.9 Å². The van der Waals surface area contributed by atoms with E-state index in [-0.39, 0.29) is 32.1 Å². The summed E-state index contributed by atoms with van der Waals surface area (Å²) in [4.78, 5) is 37.7. The average Bonchev–Trinajstić information content (AvgIpc) is 2.92. The van der Waals surface area contributed by atoms with Gasteiger partial charge in [-0.2, -0.15) is 12.6 Å². The lowest BCUT2D eigenvalue weighted by atomic mass is 9.95. The van der Waals surface area contributed by atoms with Crippen LogP contribution >= 0.6 is 21.1 Å². The fraction of sp³-hybridized carbons (Fsp3) is 0.433. The second-order valence-electron chi connectivity index (χ2n) is 9.12. The van der Waals surface area contributed by atoms with Crippen LogP contribution in [0.15, 0.2) is 48.5 Å². The highest BCUT2D eigenvalue weighted by Gasteiger charge is 2.25. The summed E-state index contributed by atoms with van der Waals surface area (Å²) in [6.45, 7) is 5.85. The maximum atomic E-state index is 13.4. The lowest BCUT2D eigenvalue weighted by Gasteiger charge is -2.30. The van der Waals surface area contributed by atoms with E-state index in [9.17, 15) is 14.4 Å². The van der Waals surface area contributed by atoms with Crippen molar-refractivity contribution in [2.45, 2.75) is 65.3 Å². The van der Waals surface area contributed by atoms with Crippen LogP contribution in [0.1, 0.15) is 75.5 Å². The van der Waals surface area contributed by atoms with E-state index in [1.165, 1.54) is 0 Å². The number of carbonyl (C=O) groups excluding carboxylic acids is 3. The summed E-state index contributed by atoms with van der Waals surface area (Å²) in [5.74, 6) is 0.381. The number of nitrogens with two attached hydrogens (primary N) is 1. The first-order valence-corrected chi connectivity index (χ1v) is 15.3. The number of para-hydroxylation sites is 1. The van der Waals surface area contributed by atoms with E-state index in [1.54, 1.807) is 26.8 Å². The number of benzene rings is 2. The van der Waals surface area contributed by atoms with E-state index in [4.69, 9.17) is 10.3 Å². The van der Waals surface area contributed by atoms with Crippen LogP contribution in [0.5, 0.6) is 0 Å². The molecule has 1 heterocycles. The van der Waals surface area contributed by atoms with Crippen LogP contribution in [-0.2, 0) is 25.5 Å². The molecule has 0 spiro atoms. The molecule has 3 rings (SSSR count). The third kappa shape index (κ3) is 12.0. The predicted molar refractivity (Wildman–Crippen MR) is 170 cm³/mol. The molecular weight excluding hydrogens is 543 g/mol. The van der Waals surface area contributed by atoms with Crippen LogP contribution in [0.4, 0.5) is 5.69 Å². The molecule has 0 radical (unpaired) electrons. The Morgan fingerprint density at radius 3 is 1.98 bits per heavy atom. The van der Waals surface area contributed by atoms with Crippen molar-refractivity contribution < 1.29 is 18.9 Å². The molecule has 6 N–H and O–H groups in total. The fourth-order valence-electron chi connectivity index (χ4n) is 4.29. The second-order valence-corrected chi connectivity index (χ2v) is 9.49. The number of fused-ring (bicyclic) bond motifs is 2. The van der Waals surface area contributed by atoms with Gasteiger partial charge in [-0.05, 0) is 57.4 Å². The quantitative estimate of drug-likeness (QED) is 0.134. The Hall–Kier alpha value is -3.00. The molecule has 0 fully saturated rings. The van der Waals surface area contributed by atoms with Gasteiger partial charge in [0.05, 0.1) is 23.6 Å². The van der Waals surface area contributed by atoms with Gasteiger partial charge in [0.25, 0.3) is 0 Å². The number of Topliss-reactive ketones (excluding diaryl/α,β-unsaturated/α-hetero) is 2. The van der Waals surface area contributed by atoms with E-state index in [0.29, 0.717) is 50.9 Å². The summed E-state index contributed by atoms with van der Waals surface area (Å²) in [5.41, 5.74) is 11.8. The first-order chi connectivity index (χ1) is 18.8. The predicted octanol–water partition coefficient (Wildman–Crippen LogP) is 6.43. The van der Waals surface area contributed by atoms with E-state index in [1.807, 2.05) is 53.4 Å². The number of rotatable bonds is 11. The van der Waals surface area contributed by atoms with Crippen molar-refractivity contribution in [2.24, 2.45) is 5.73 Å². The molecule has 0 unspecified atom stereocenters. The van der Waals surface area contributed by atoms with E-state index < -0.39 is 0 Å². The SMILES string of the molecule is CC(=O)CCCCN/C1=C(\N)c2ccccc2CN(C(=O)CCCCC(C)=O)c2ccccc21.CP=O.CS.N. The zero-order valence-electron chi connectivity index (χ0n) is 24.2. The Bertz CT molecular complexity index is 1140. The summed E-state index contributed by atoms with van der Waals surface area (Å²) < 4.78 is 8.90. The first kappa shape index (κ1) is 37.0. The maximum absolute atomic E-state index is 13.4. The van der Waals surface area contributed by atoms with E-state index in [2.05, 4.69) is 17.9 Å². The van der Waals surface area contributed by atoms with Crippen molar-refractivity contribution in [3.8, 4) is 0 Å². The van der Waals surface area contributed by atoms with Gasteiger partial charge in [0, 0.05) is 43.6 Å². The number of amides is 1. The van der Waals surface area contributed by atoms with Crippen molar-refractivity contribution in [1.29, 1.82) is 0 Å². The monoisotopic (exact) mass is 588 g/mol. The highest BCUT2D eigenvalue weighted by molar-refractivity contribution is 7.79. The zero-order valence-corrected chi connectivity index (χ0v) is 26.0. The summed E-state index contributed by atoms with van der Waals surface area (Å²) in [6.07, 6.45) is 6.21. The number of nitrogens with one attached hydrogen (secondary N) is 1. The molecule has 8 nitrogen and oxygen atoms in total. The van der Waals surface area contributed by atoms with E-state index >= 15 is 0 Å². The van der Waals surface area contributed by atoms with Crippen molar-refractivity contribution in [3.05, 3.63) is 65.2 Å². The highest BCUT2D eigenvalue weighted by atomic mass is 32.1. The summed E-state index contributed by atoms with van der Waals surface area (Å²) in [5, 5.41) is 3.50. The topological polar surface area (TPSA) is 145 Å². The van der Waals surface area contributed by atoms with Crippen molar-refractivity contribution >= 4 is 55.6 Å². The average molecular weight is 589 g/mol. The van der Waals surface area contributed by atoms with Gasteiger partial charge < -0.3 is 31.7 Å². The van der Waals surface area contributed by atoms with Gasteiger partial charge in [-0.15, -0.1) is 0 Å². The zero-order chi connectivity index (χ0) is 29.2. The third-order valence-corrected chi connectivity index (χ3v) is 6.10. The molecule has 2 aromatic carbocycles. The summed E-state index contributed by atoms with van der Waals surface area (Å²) in [7, 11) is 0.167. The molecule has 1 aliphatic heterocycles. The number of hydrogen-bond donors (Lipinski definition) is 4. The standard InChI is InChI=1S/C28H35N3O3.CH3OP.CH4S.H3N/c1-20(32)11-3-8-17-26(34)31-19-22-13-4-5-14-23(22)27(29)28(24-15-6-7-16-25(24)31)30-18-10-9-12-21(2)33;1-3-2;1-2;/h4-7,13-16,30H,3,8-12,17-19,29H2,1-2H3;1H3;2H,1H3;1H3/b28-27-;;;. The number of ketones is 2. The summed E-state index contributed by atoms with van der Waals surface area (Å²) >= 11 is 3.53. The number of hydrogen-bond acceptors (Lipinski definition) is 8. The van der Waals surface area contributed by atoms with Crippen molar-refractivity contribution in [1.82, 2.24) is 11.5 Å². The molecule has 40 heavy (non-hydrogen) atoms. The van der Waals surface area contributed by atoms with E-state index in [0.717, 1.165) is 40.9 Å². The molecule has 2 aromatic rings. The Morgan fingerprint density at radius 1 is 0.875 bits per heavy atom. The minimum atomic E-state index is 0. The number of thiol groups is 1. The molecule has 1 amide bonds. The van der Waals surface area contributed by atoms with Crippen LogP contribution < -0.4 is 22.1 Å². The molecule has 1 aliphatic rings. The van der Waals surface area contributed by atoms with Gasteiger partial charge in [0.1, 0.15) is 11.6 Å². The third-order valence-electron chi connectivity index (χ3n) is 6.10. The molecule has 0 saturated heterocycles. The minimum Gasteiger partial charge on any atom is -0.397 e. The van der Waals surface area contributed by atoms with Gasteiger partial charge in [-0.1, -0.05) is 42.5 Å². The molecule has 0 aliphatic carbocycles. The van der Waals surface area contributed by atoms with Gasteiger partial charge in [-0.3, -0.25) is 9.36 Å². The van der Waals surface area contributed by atoms with Gasteiger partial charge in [0.2, 0.25) is 5.91 Å². The second kappa shape index (κ2) is 20.8. The Kier molecular flexibility index (Phi) is 19.3. The highest BCUT2D eigenvalue weighted by Crippen LogP contribution is 2.35. The lowest BCUT2D eigenvalue weighted by Crippen LogP contribution is -2.33. The lowest BCUT2D eigenvalue weighted by molar-refractivity contribution is -0.120. The van der Waals surface area contributed by atoms with Crippen molar-refractivity contribution in [3.63, 3.8) is 0 Å². The number of nitrogens with zero attached hydrogens (tertiary/aromatic N) is 1. The van der Waals surface area contributed by atoms with Crippen LogP contribution in [0, 0.1) is 0 Å². The number of anilines is 1. The van der Waals surface area contributed by atoms with Crippen LogP contribution in [0.2, 0.25) is 0 Å². The molecule has 0 saturated carbocycles. The molecule has 0 aromatic heterocycles. The summed E-state index contributed by atoms with van der Waals surface area (Å²) in [6, 6.07) is 15.8. The first-order valence-electron chi connectivity index (χ1n) is 13.2. The van der Waals surface area contributed by atoms with Gasteiger partial charge >= 0.3 is 0 Å². The molecule has 10 heteroatoms. The molecule has 0 atom stereocenters. The van der Waals surface area contributed by atoms with Gasteiger partial charge in [0.15, 0.2) is 8.46 Å². The maximum Gasteiger partial charge on any atom is 0.227 e. The minimum absolute atomic E-state index is 0. The Morgan fingerprint density at radius 2 is 1.38 bits per heavy atom. The molecule has 0 bridgehead atoms. The van der Waals surface area contributed by atoms with Gasteiger partial charge in [-0.25, -0.2) is 0 Å². The number of unbranched alkanes of at least 4 members (excludes halogenated alkanes) is 2. The molecule has 220 valence electrons. The van der Waals surface area contributed by atoms with Crippen molar-refractivity contribution in [2.75, 3.05) is 24.4 Å². The van der Waals surface area contributed by atoms with Crippen LogP contribution in [0.25, 0.3) is 11.4 Å². The Labute approximate surface area is 246 Å². The van der Waals surface area contributed by atoms with Crippen LogP contribution in [0.3, 0.4) is 0 Å². The Balaban J connectivity index is 0.00000237. The number of carbonyl (C=O) groups is 3. The molecular formula is C30H45N4O4PS. The fourth-order valence-corrected chi connectivity index (χ4v) is 4.29. The smallest absolute Gasteiger partial charge is 0.227 e. The largest absolute Gasteiger partial charge is 0.397 e. The normalized spacial score (nSPS) is 13.5.